The van der Waals surface area contributed by atoms with Crippen LogP contribution in [0.3, 0.4) is 0 Å². The van der Waals surface area contributed by atoms with E-state index in [1.54, 1.807) is 13.0 Å². The number of hydrogen-bond acceptors (Lipinski definition) is 2. The second kappa shape index (κ2) is 6.82. The topological polar surface area (TPSA) is 57.5 Å². The Morgan fingerprint density at radius 3 is 2.55 bits per heavy atom. The fourth-order valence-corrected chi connectivity index (χ4v) is 4.20. The first-order chi connectivity index (χ1) is 10.3. The van der Waals surface area contributed by atoms with Gasteiger partial charge in [0, 0.05) is 5.57 Å². The van der Waals surface area contributed by atoms with E-state index in [1.807, 2.05) is 6.08 Å². The van der Waals surface area contributed by atoms with Gasteiger partial charge in [-0.1, -0.05) is 51.2 Å². The lowest BCUT2D eigenvalue weighted by atomic mass is 9.58. The van der Waals surface area contributed by atoms with Crippen LogP contribution in [-0.4, -0.2) is 22.3 Å². The maximum Gasteiger partial charge on any atom is 0.331 e. The number of carboxylic acids is 1. The zero-order chi connectivity index (χ0) is 16.4. The summed E-state index contributed by atoms with van der Waals surface area (Å²) < 4.78 is 0. The van der Waals surface area contributed by atoms with Crippen molar-refractivity contribution < 1.29 is 15.0 Å². The summed E-state index contributed by atoms with van der Waals surface area (Å²) in [4.78, 5) is 10.9. The zero-order valence-corrected chi connectivity index (χ0v) is 13.9. The molecule has 0 spiro atoms. The van der Waals surface area contributed by atoms with Gasteiger partial charge < -0.3 is 10.2 Å². The molecule has 122 valence electrons. The van der Waals surface area contributed by atoms with Crippen LogP contribution in [0.4, 0.5) is 0 Å². The second-order valence-electron chi connectivity index (χ2n) is 7.16. The highest BCUT2D eigenvalue weighted by Gasteiger charge is 2.44. The number of aliphatic hydroxyl groups is 1. The Balaban J connectivity index is 2.22. The first kappa shape index (κ1) is 17.0. The molecule has 0 aliphatic heterocycles. The molecule has 2 aliphatic carbocycles. The number of fused-ring (bicyclic) bond motifs is 1. The summed E-state index contributed by atoms with van der Waals surface area (Å²) in [5.74, 6) is 1.44. The molecule has 2 N–H and O–H groups in total. The first-order valence-corrected chi connectivity index (χ1v) is 8.27. The van der Waals surface area contributed by atoms with Gasteiger partial charge in [-0.3, -0.25) is 0 Å². The number of carboxylic acid groups (broad SMARTS) is 1. The maximum atomic E-state index is 10.9. The average molecular weight is 304 g/mol. The van der Waals surface area contributed by atoms with Gasteiger partial charge >= 0.3 is 5.97 Å². The fourth-order valence-electron chi connectivity index (χ4n) is 4.20. The van der Waals surface area contributed by atoms with Crippen LogP contribution >= 0.6 is 0 Å². The minimum absolute atomic E-state index is 0.243. The molecule has 0 heterocycles. The van der Waals surface area contributed by atoms with E-state index in [4.69, 9.17) is 5.11 Å². The summed E-state index contributed by atoms with van der Waals surface area (Å²) in [5, 5.41) is 19.4. The lowest BCUT2D eigenvalue weighted by Crippen LogP contribution is -2.46. The van der Waals surface area contributed by atoms with Crippen LogP contribution in [0.2, 0.25) is 0 Å². The van der Waals surface area contributed by atoms with Crippen molar-refractivity contribution in [3.05, 3.63) is 36.0 Å². The molecule has 0 aromatic heterocycles. The van der Waals surface area contributed by atoms with Gasteiger partial charge in [0.05, 0.1) is 6.10 Å². The summed E-state index contributed by atoms with van der Waals surface area (Å²) in [6.07, 6.45) is 11.1. The van der Waals surface area contributed by atoms with Crippen LogP contribution in [0.25, 0.3) is 0 Å². The summed E-state index contributed by atoms with van der Waals surface area (Å²) in [6, 6.07) is 0. The monoisotopic (exact) mass is 304 g/mol. The number of carbonyl (C=O) groups is 1. The van der Waals surface area contributed by atoms with Crippen molar-refractivity contribution in [1.29, 1.82) is 0 Å². The number of aliphatic carboxylic acids is 1. The Labute approximate surface area is 133 Å². The molecule has 5 unspecified atom stereocenters. The average Bonchev–Trinajstić information content (AvgIpc) is 2.47. The van der Waals surface area contributed by atoms with Gasteiger partial charge in [0.15, 0.2) is 0 Å². The highest BCUT2D eigenvalue weighted by atomic mass is 16.4. The van der Waals surface area contributed by atoms with E-state index in [0.29, 0.717) is 35.2 Å². The molecule has 0 saturated heterocycles. The smallest absolute Gasteiger partial charge is 0.331 e. The van der Waals surface area contributed by atoms with Gasteiger partial charge in [-0.25, -0.2) is 4.79 Å². The van der Waals surface area contributed by atoms with Crippen molar-refractivity contribution >= 4 is 5.97 Å². The van der Waals surface area contributed by atoms with E-state index in [2.05, 4.69) is 39.0 Å². The van der Waals surface area contributed by atoms with Gasteiger partial charge in [0.1, 0.15) is 0 Å². The van der Waals surface area contributed by atoms with Crippen LogP contribution in [-0.2, 0) is 4.79 Å². The molecular formula is C19H28O3. The first-order valence-electron chi connectivity index (χ1n) is 8.27. The highest BCUT2D eigenvalue weighted by molar-refractivity contribution is 5.86. The second-order valence-corrected chi connectivity index (χ2v) is 7.16. The fraction of sp³-hybridized carbons (Fsp3) is 0.632. The van der Waals surface area contributed by atoms with Crippen molar-refractivity contribution in [3.8, 4) is 0 Å². The Hall–Kier alpha value is -1.35. The molecule has 3 nitrogen and oxygen atoms in total. The van der Waals surface area contributed by atoms with E-state index in [9.17, 15) is 9.90 Å². The third kappa shape index (κ3) is 3.35. The van der Waals surface area contributed by atoms with Gasteiger partial charge in [-0.05, 0) is 48.9 Å². The van der Waals surface area contributed by atoms with Gasteiger partial charge in [-0.2, -0.15) is 0 Å². The van der Waals surface area contributed by atoms with E-state index >= 15 is 0 Å². The summed E-state index contributed by atoms with van der Waals surface area (Å²) >= 11 is 0. The number of rotatable bonds is 3. The molecule has 1 fully saturated rings. The van der Waals surface area contributed by atoms with E-state index in [1.165, 1.54) is 0 Å². The van der Waals surface area contributed by atoms with Crippen LogP contribution in [0.5, 0.6) is 0 Å². The SMILES string of the molecule is C/C(=C\C=C\C1C(C)C=C[C@H]2CC(C)[C@H](O)C(C)C12)C(=O)O. The lowest BCUT2D eigenvalue weighted by Gasteiger charge is -2.48. The molecular weight excluding hydrogens is 276 g/mol. The predicted molar refractivity (Wildman–Crippen MR) is 88.3 cm³/mol. The highest BCUT2D eigenvalue weighted by Crippen LogP contribution is 2.48. The summed E-state index contributed by atoms with van der Waals surface area (Å²) in [6.45, 7) is 8.09. The minimum atomic E-state index is -0.880. The molecule has 2 aliphatic rings. The maximum absolute atomic E-state index is 10.9. The Morgan fingerprint density at radius 1 is 1.23 bits per heavy atom. The lowest BCUT2D eigenvalue weighted by molar-refractivity contribution is -0.132. The third-order valence-electron chi connectivity index (χ3n) is 5.60. The minimum Gasteiger partial charge on any atom is -0.478 e. The Morgan fingerprint density at radius 2 is 1.91 bits per heavy atom. The van der Waals surface area contributed by atoms with E-state index in [-0.39, 0.29) is 12.0 Å². The molecule has 0 aromatic rings. The third-order valence-corrected chi connectivity index (χ3v) is 5.60. The van der Waals surface area contributed by atoms with E-state index in [0.717, 1.165) is 6.42 Å². The number of hydrogen-bond donors (Lipinski definition) is 2. The molecule has 1 saturated carbocycles. The van der Waals surface area contributed by atoms with Gasteiger partial charge in [0.2, 0.25) is 0 Å². The van der Waals surface area contributed by atoms with Crippen molar-refractivity contribution in [3.63, 3.8) is 0 Å². The van der Waals surface area contributed by atoms with Crippen LogP contribution in [0.15, 0.2) is 36.0 Å². The van der Waals surface area contributed by atoms with Crippen LogP contribution in [0.1, 0.15) is 34.1 Å². The van der Waals surface area contributed by atoms with Crippen LogP contribution < -0.4 is 0 Å². The van der Waals surface area contributed by atoms with Crippen molar-refractivity contribution in [1.82, 2.24) is 0 Å². The Bertz CT molecular complexity index is 503. The zero-order valence-electron chi connectivity index (χ0n) is 13.9. The molecule has 0 radical (unpaired) electrons. The number of allylic oxidation sites excluding steroid dienone is 5. The van der Waals surface area contributed by atoms with Crippen molar-refractivity contribution in [2.45, 2.75) is 40.2 Å². The van der Waals surface area contributed by atoms with Crippen molar-refractivity contribution in [2.75, 3.05) is 0 Å². The van der Waals surface area contributed by atoms with E-state index < -0.39 is 5.97 Å². The normalized spacial score (nSPS) is 42.4. The molecule has 7 atom stereocenters. The van der Waals surface area contributed by atoms with Gasteiger partial charge in [0.25, 0.3) is 0 Å². The molecule has 0 bridgehead atoms. The predicted octanol–water partition coefficient (Wildman–Crippen LogP) is 3.66. The molecule has 0 amide bonds. The molecule has 22 heavy (non-hydrogen) atoms. The quantitative estimate of drug-likeness (QED) is 0.475. The largest absolute Gasteiger partial charge is 0.478 e. The van der Waals surface area contributed by atoms with Gasteiger partial charge in [-0.15, -0.1) is 0 Å². The molecule has 3 heteroatoms. The standard InChI is InChI=1S/C19H28O3/c1-11-8-9-15-10-13(3)18(20)14(4)17(15)16(11)7-5-6-12(2)19(21)22/h5-9,11,13-18,20H,10H2,1-4H3,(H,21,22)/b7-5+,12-6+/t11?,13?,14?,15-,16?,17?,18-/m0/s1. The molecule has 2 rings (SSSR count). The summed E-state index contributed by atoms with van der Waals surface area (Å²) in [7, 11) is 0. The van der Waals surface area contributed by atoms with Crippen molar-refractivity contribution in [2.24, 2.45) is 35.5 Å². The van der Waals surface area contributed by atoms with Crippen LogP contribution in [0, 0.1) is 35.5 Å². The number of aliphatic hydroxyl groups excluding tert-OH is 1. The summed E-state index contributed by atoms with van der Waals surface area (Å²) in [5.41, 5.74) is 0.345. The Kier molecular flexibility index (Phi) is 5.28. The molecule has 0 aromatic carbocycles.